The van der Waals surface area contributed by atoms with Gasteiger partial charge in [-0.1, -0.05) is 34.1 Å². The number of ether oxygens (including phenoxy) is 1. The van der Waals surface area contributed by atoms with Crippen LogP contribution in [0.5, 0.6) is 5.75 Å². The van der Waals surface area contributed by atoms with Crippen molar-refractivity contribution in [2.75, 3.05) is 12.0 Å². The standard InChI is InChI=1S/C18H16BrNO2/c1-22-12-7-5-11(6-8-12)10-20-16-4-2-3-15(19)17(16)13-9-14(13)18(20)21/h2-8,13-14H,9-10H2,1H3. The van der Waals surface area contributed by atoms with Crippen LogP contribution in [0.25, 0.3) is 0 Å². The van der Waals surface area contributed by atoms with Crippen LogP contribution >= 0.6 is 15.9 Å². The summed E-state index contributed by atoms with van der Waals surface area (Å²) in [5.74, 6) is 1.67. The molecule has 112 valence electrons. The van der Waals surface area contributed by atoms with E-state index in [1.807, 2.05) is 35.2 Å². The Kier molecular flexibility index (Phi) is 3.22. The molecule has 0 saturated heterocycles. The van der Waals surface area contributed by atoms with Crippen LogP contribution in [0.1, 0.15) is 23.5 Å². The fourth-order valence-corrected chi connectivity index (χ4v) is 3.96. The Balaban J connectivity index is 1.69. The third-order valence-corrected chi connectivity index (χ3v) is 5.26. The molecule has 4 heteroatoms. The minimum atomic E-state index is 0.171. The lowest BCUT2D eigenvalue weighted by Gasteiger charge is -2.30. The highest BCUT2D eigenvalue weighted by Gasteiger charge is 2.52. The van der Waals surface area contributed by atoms with Gasteiger partial charge in [-0.15, -0.1) is 0 Å². The molecule has 22 heavy (non-hydrogen) atoms. The van der Waals surface area contributed by atoms with Crippen LogP contribution in [-0.2, 0) is 11.3 Å². The number of hydrogen-bond donors (Lipinski definition) is 0. The fraction of sp³-hybridized carbons (Fsp3) is 0.278. The number of amides is 1. The molecule has 0 radical (unpaired) electrons. The van der Waals surface area contributed by atoms with E-state index < -0.39 is 0 Å². The zero-order valence-corrected chi connectivity index (χ0v) is 13.8. The van der Waals surface area contributed by atoms with Crippen molar-refractivity contribution in [3.8, 4) is 5.75 Å². The first-order valence-corrected chi connectivity index (χ1v) is 8.21. The second kappa shape index (κ2) is 5.13. The summed E-state index contributed by atoms with van der Waals surface area (Å²) < 4.78 is 6.30. The van der Waals surface area contributed by atoms with Crippen molar-refractivity contribution < 1.29 is 9.53 Å². The van der Waals surface area contributed by atoms with E-state index in [9.17, 15) is 4.79 Å². The van der Waals surface area contributed by atoms with Crippen LogP contribution < -0.4 is 9.64 Å². The average molecular weight is 358 g/mol. The van der Waals surface area contributed by atoms with Gasteiger partial charge in [0.2, 0.25) is 5.91 Å². The molecule has 0 spiro atoms. The quantitative estimate of drug-likeness (QED) is 0.827. The van der Waals surface area contributed by atoms with Crippen LogP contribution in [0, 0.1) is 5.92 Å². The lowest BCUT2D eigenvalue weighted by atomic mass is 10.00. The molecule has 0 aromatic heterocycles. The zero-order chi connectivity index (χ0) is 15.3. The summed E-state index contributed by atoms with van der Waals surface area (Å²) >= 11 is 3.65. The second-order valence-corrected chi connectivity index (χ2v) is 6.75. The number of methoxy groups -OCH3 is 1. The number of fused-ring (bicyclic) bond motifs is 3. The molecule has 2 aromatic rings. The smallest absolute Gasteiger partial charge is 0.231 e. The number of anilines is 1. The summed E-state index contributed by atoms with van der Waals surface area (Å²) in [4.78, 5) is 14.6. The van der Waals surface area contributed by atoms with Gasteiger partial charge in [0.05, 0.1) is 13.7 Å². The Morgan fingerprint density at radius 1 is 1.18 bits per heavy atom. The summed E-state index contributed by atoms with van der Waals surface area (Å²) in [6.45, 7) is 0.607. The summed E-state index contributed by atoms with van der Waals surface area (Å²) in [5.41, 5.74) is 3.45. The number of halogens is 1. The van der Waals surface area contributed by atoms with Crippen molar-refractivity contribution in [1.29, 1.82) is 0 Å². The third-order valence-electron chi connectivity index (χ3n) is 4.56. The molecule has 2 atom stereocenters. The van der Waals surface area contributed by atoms with Gasteiger partial charge < -0.3 is 9.64 Å². The molecule has 2 aromatic carbocycles. The number of nitrogens with zero attached hydrogens (tertiary/aromatic N) is 1. The number of benzene rings is 2. The molecule has 1 aliphatic heterocycles. The van der Waals surface area contributed by atoms with Gasteiger partial charge in [0.1, 0.15) is 5.75 Å². The van der Waals surface area contributed by atoms with Gasteiger partial charge in [-0.3, -0.25) is 4.79 Å². The maximum absolute atomic E-state index is 12.7. The molecular formula is C18H16BrNO2. The molecular weight excluding hydrogens is 342 g/mol. The maximum atomic E-state index is 12.7. The highest BCUT2D eigenvalue weighted by atomic mass is 79.9. The Labute approximate surface area is 138 Å². The topological polar surface area (TPSA) is 29.5 Å². The Hall–Kier alpha value is -1.81. The van der Waals surface area contributed by atoms with Gasteiger partial charge in [-0.25, -0.2) is 0 Å². The largest absolute Gasteiger partial charge is 0.497 e. The van der Waals surface area contributed by atoms with Crippen LogP contribution in [0.4, 0.5) is 5.69 Å². The van der Waals surface area contributed by atoms with Gasteiger partial charge in [0.15, 0.2) is 0 Å². The molecule has 2 unspecified atom stereocenters. The van der Waals surface area contributed by atoms with E-state index in [-0.39, 0.29) is 11.8 Å². The molecule has 3 nitrogen and oxygen atoms in total. The minimum Gasteiger partial charge on any atom is -0.497 e. The highest BCUT2D eigenvalue weighted by Crippen LogP contribution is 2.57. The lowest BCUT2D eigenvalue weighted by Crippen LogP contribution is -2.35. The van der Waals surface area contributed by atoms with E-state index in [0.717, 1.165) is 27.9 Å². The van der Waals surface area contributed by atoms with E-state index in [1.54, 1.807) is 7.11 Å². The fourth-order valence-electron chi connectivity index (χ4n) is 3.31. The molecule has 1 saturated carbocycles. The van der Waals surface area contributed by atoms with Crippen LogP contribution in [-0.4, -0.2) is 13.0 Å². The normalized spacial score (nSPS) is 22.1. The predicted octanol–water partition coefficient (Wildman–Crippen LogP) is 4.11. The number of rotatable bonds is 3. The number of carbonyl (C=O) groups excluding carboxylic acids is 1. The molecule has 1 aliphatic carbocycles. The number of hydrogen-bond acceptors (Lipinski definition) is 2. The monoisotopic (exact) mass is 357 g/mol. The van der Waals surface area contributed by atoms with Crippen molar-refractivity contribution in [3.05, 3.63) is 58.1 Å². The Morgan fingerprint density at radius 3 is 2.68 bits per heavy atom. The summed E-state index contributed by atoms with van der Waals surface area (Å²) in [7, 11) is 1.66. The van der Waals surface area contributed by atoms with Crippen molar-refractivity contribution in [1.82, 2.24) is 0 Å². The SMILES string of the molecule is COc1ccc(CN2C(=O)C3CC3c3c(Br)cccc32)cc1. The molecule has 1 fully saturated rings. The molecule has 1 heterocycles. The van der Waals surface area contributed by atoms with Gasteiger partial charge in [-0.2, -0.15) is 0 Å². The van der Waals surface area contributed by atoms with E-state index in [0.29, 0.717) is 12.5 Å². The first kappa shape index (κ1) is 13.8. The average Bonchev–Trinajstić information content (AvgIpc) is 3.32. The van der Waals surface area contributed by atoms with Crippen LogP contribution in [0.3, 0.4) is 0 Å². The number of carbonyl (C=O) groups is 1. The van der Waals surface area contributed by atoms with Gasteiger partial charge in [0.25, 0.3) is 0 Å². The molecule has 0 bridgehead atoms. The third kappa shape index (κ3) is 2.13. The Bertz CT molecular complexity index is 741. The lowest BCUT2D eigenvalue weighted by molar-refractivity contribution is -0.120. The van der Waals surface area contributed by atoms with E-state index in [1.165, 1.54) is 5.56 Å². The molecule has 1 amide bonds. The molecule has 2 aliphatic rings. The Morgan fingerprint density at radius 2 is 1.95 bits per heavy atom. The van der Waals surface area contributed by atoms with Crippen molar-refractivity contribution >= 4 is 27.5 Å². The summed E-state index contributed by atoms with van der Waals surface area (Å²) in [6.07, 6.45) is 0.980. The maximum Gasteiger partial charge on any atom is 0.231 e. The van der Waals surface area contributed by atoms with E-state index >= 15 is 0 Å². The van der Waals surface area contributed by atoms with Crippen LogP contribution in [0.15, 0.2) is 46.9 Å². The first-order valence-electron chi connectivity index (χ1n) is 7.42. The highest BCUT2D eigenvalue weighted by molar-refractivity contribution is 9.10. The van der Waals surface area contributed by atoms with Crippen LogP contribution in [0.2, 0.25) is 0 Å². The second-order valence-electron chi connectivity index (χ2n) is 5.89. The summed E-state index contributed by atoms with van der Waals surface area (Å²) in [6, 6.07) is 14.0. The minimum absolute atomic E-state index is 0.171. The van der Waals surface area contributed by atoms with Crippen molar-refractivity contribution in [2.24, 2.45) is 5.92 Å². The predicted molar refractivity (Wildman–Crippen MR) is 89.2 cm³/mol. The van der Waals surface area contributed by atoms with Crippen molar-refractivity contribution in [2.45, 2.75) is 18.9 Å². The van der Waals surface area contributed by atoms with E-state index in [2.05, 4.69) is 28.1 Å². The van der Waals surface area contributed by atoms with Gasteiger partial charge >= 0.3 is 0 Å². The van der Waals surface area contributed by atoms with Gasteiger partial charge in [-0.05, 0) is 47.7 Å². The summed E-state index contributed by atoms with van der Waals surface area (Å²) in [5, 5.41) is 0. The zero-order valence-electron chi connectivity index (χ0n) is 12.3. The molecule has 4 rings (SSSR count). The van der Waals surface area contributed by atoms with E-state index in [4.69, 9.17) is 4.74 Å². The first-order chi connectivity index (χ1) is 10.7. The molecule has 0 N–H and O–H groups in total. The van der Waals surface area contributed by atoms with Crippen molar-refractivity contribution in [3.63, 3.8) is 0 Å². The van der Waals surface area contributed by atoms with Gasteiger partial charge in [0, 0.05) is 16.1 Å².